The Morgan fingerprint density at radius 2 is 1.24 bits per heavy atom. The molecule has 1 aliphatic rings. The first kappa shape index (κ1) is 40.1. The van der Waals surface area contributed by atoms with E-state index in [9.17, 15) is 28.8 Å². The van der Waals surface area contributed by atoms with Crippen LogP contribution >= 0.6 is 0 Å². The predicted molar refractivity (Wildman–Crippen MR) is 201 cm³/mol. The van der Waals surface area contributed by atoms with Crippen LogP contribution in [-0.4, -0.2) is 65.0 Å². The van der Waals surface area contributed by atoms with Gasteiger partial charge in [0, 0.05) is 11.8 Å². The Balaban J connectivity index is 1.48. The lowest BCUT2D eigenvalue weighted by molar-refractivity contribution is -0.137. The summed E-state index contributed by atoms with van der Waals surface area (Å²) in [5.74, 6) is -3.10. The van der Waals surface area contributed by atoms with Crippen molar-refractivity contribution in [1.29, 1.82) is 0 Å². The maximum atomic E-state index is 14.1. The van der Waals surface area contributed by atoms with Crippen LogP contribution in [0.3, 0.4) is 0 Å². The summed E-state index contributed by atoms with van der Waals surface area (Å²) < 4.78 is 29.6. The second kappa shape index (κ2) is 19.8. The monoisotopic (exact) mass is 752 g/mol. The minimum absolute atomic E-state index is 0.0790. The van der Waals surface area contributed by atoms with E-state index in [0.717, 1.165) is 38.2 Å². The van der Waals surface area contributed by atoms with Gasteiger partial charge in [-0.2, -0.15) is 0 Å². The molecule has 0 spiro atoms. The number of carbonyl (C=O) groups is 4. The fourth-order valence-corrected chi connectivity index (χ4v) is 6.02. The van der Waals surface area contributed by atoms with E-state index in [-0.39, 0.29) is 34.6 Å². The van der Waals surface area contributed by atoms with Crippen LogP contribution in [0.4, 0.5) is 0 Å². The lowest BCUT2D eigenvalue weighted by Crippen LogP contribution is -2.46. The van der Waals surface area contributed by atoms with Crippen molar-refractivity contribution in [2.45, 2.75) is 76.9 Å². The molecule has 5 rings (SSSR count). The number of hydrogen-bond acceptors (Lipinski definition) is 11. The molecule has 1 N–H and O–H groups in total. The molecule has 13 nitrogen and oxygen atoms in total. The van der Waals surface area contributed by atoms with Crippen molar-refractivity contribution >= 4 is 30.0 Å². The summed E-state index contributed by atoms with van der Waals surface area (Å²) in [6.45, 7) is 3.31. The molecule has 55 heavy (non-hydrogen) atoms. The Morgan fingerprint density at radius 1 is 0.709 bits per heavy atom. The molecule has 1 fully saturated rings. The van der Waals surface area contributed by atoms with Crippen LogP contribution in [0.5, 0.6) is 0 Å². The third kappa shape index (κ3) is 10.8. The number of nitrogens with zero attached hydrogens (tertiary/aromatic N) is 1. The van der Waals surface area contributed by atoms with Crippen LogP contribution in [0.1, 0.15) is 94.0 Å². The quantitative estimate of drug-likeness (QED) is 0.0584. The number of unbranched alkanes of at least 4 members (excludes halogenated alkanes) is 5. The minimum atomic E-state index is -1.69. The maximum Gasteiger partial charge on any atom is 0.338 e. The highest BCUT2D eigenvalue weighted by Gasteiger charge is 2.52. The number of ether oxygens (including phenoxy) is 5. The van der Waals surface area contributed by atoms with Gasteiger partial charge < -0.3 is 28.7 Å². The van der Waals surface area contributed by atoms with Gasteiger partial charge in [0.2, 0.25) is 0 Å². The van der Waals surface area contributed by atoms with Crippen LogP contribution in [0.15, 0.2) is 107 Å². The molecule has 0 bridgehead atoms. The third-order valence-electron chi connectivity index (χ3n) is 8.93. The number of H-pyrrole nitrogens is 1. The maximum absolute atomic E-state index is 14.1. The Morgan fingerprint density at radius 3 is 1.82 bits per heavy atom. The molecule has 13 heteroatoms. The van der Waals surface area contributed by atoms with Crippen molar-refractivity contribution in [3.63, 3.8) is 0 Å². The van der Waals surface area contributed by atoms with Gasteiger partial charge in [-0.15, -0.1) is 0 Å². The average Bonchev–Trinajstić information content (AvgIpc) is 3.52. The summed E-state index contributed by atoms with van der Waals surface area (Å²) in [6, 6.07) is 24.0. The summed E-state index contributed by atoms with van der Waals surface area (Å²) in [6.07, 6.45) is 2.27. The first-order chi connectivity index (χ1) is 26.7. The highest BCUT2D eigenvalue weighted by atomic mass is 16.7. The van der Waals surface area contributed by atoms with E-state index in [1.54, 1.807) is 66.7 Å². The number of benzene rings is 3. The molecule has 3 aromatic carbocycles. The molecule has 288 valence electrons. The summed E-state index contributed by atoms with van der Waals surface area (Å²) in [7, 11) is 0. The van der Waals surface area contributed by atoms with Crippen LogP contribution < -0.4 is 11.2 Å². The number of hydrogen-bond donors (Lipinski definition) is 1. The first-order valence-electron chi connectivity index (χ1n) is 18.3. The van der Waals surface area contributed by atoms with E-state index < -0.39 is 66.3 Å². The van der Waals surface area contributed by atoms with Gasteiger partial charge in [0.15, 0.2) is 18.4 Å². The second-order valence-corrected chi connectivity index (χ2v) is 12.9. The van der Waals surface area contributed by atoms with E-state index in [1.165, 1.54) is 37.3 Å². The van der Waals surface area contributed by atoms with Crippen LogP contribution in [-0.2, 0) is 28.5 Å². The van der Waals surface area contributed by atoms with Crippen LogP contribution in [0.2, 0.25) is 0 Å². The van der Waals surface area contributed by atoms with E-state index >= 15 is 0 Å². The van der Waals surface area contributed by atoms with Gasteiger partial charge in [-0.1, -0.05) is 93.6 Å². The minimum Gasteiger partial charge on any atom is -0.463 e. The summed E-state index contributed by atoms with van der Waals surface area (Å²) in [4.78, 5) is 82.9. The molecule has 1 saturated heterocycles. The Kier molecular flexibility index (Phi) is 14.5. The summed E-state index contributed by atoms with van der Waals surface area (Å²) in [5, 5.41) is 0. The molecule has 0 saturated carbocycles. The van der Waals surface area contributed by atoms with Gasteiger partial charge in [0.25, 0.3) is 5.56 Å². The second-order valence-electron chi connectivity index (χ2n) is 12.9. The first-order valence-corrected chi connectivity index (χ1v) is 18.3. The summed E-state index contributed by atoms with van der Waals surface area (Å²) >= 11 is 0. The van der Waals surface area contributed by atoms with Gasteiger partial charge in [0.05, 0.1) is 28.9 Å². The molecular formula is C42H44N2O11. The van der Waals surface area contributed by atoms with Gasteiger partial charge in [-0.05, 0) is 55.8 Å². The fourth-order valence-electron chi connectivity index (χ4n) is 6.02. The molecule has 0 radical (unpaired) electrons. The van der Waals surface area contributed by atoms with Crippen molar-refractivity contribution in [3.8, 4) is 0 Å². The highest BCUT2D eigenvalue weighted by molar-refractivity contribution is 5.91. The number of carbonyl (C=O) groups excluding carboxylic acids is 4. The zero-order chi connectivity index (χ0) is 39.2. The topological polar surface area (TPSA) is 169 Å². The standard InChI is InChI=1S/C42H44N2O11/c1-3-4-5-6-7-17-26-51-34(45)25-24-32-28(2)43-42(50)44(37(32)46)38-36(55-41(49)31-22-15-10-16-23-31)35(54-40(48)30-20-13-9-14-21-30)33(53-38)27-52-39(47)29-18-11-8-12-19-29/h8-16,18-25,33,35-36,38H,3-7,17,26-27H2,1-2H3,(H,43,50)/b25-24+/t33-,35-,36-,38-/m0/s1. The van der Waals surface area contributed by atoms with E-state index in [1.807, 2.05) is 0 Å². The Bertz CT molecular complexity index is 2060. The van der Waals surface area contributed by atoms with Crippen LogP contribution in [0.25, 0.3) is 6.08 Å². The Hall–Kier alpha value is -6.08. The SMILES string of the molecule is CCCCCCCCOC(=O)/C=C/c1c(C)[nH]c(=O)n([C@H]2O[C@@H](COC(=O)c3ccccc3)[C@H](OC(=O)c3ccccc3)[C@@H]2OC(=O)c2ccccc2)c1=O. The zero-order valence-corrected chi connectivity index (χ0v) is 30.7. The number of nitrogens with one attached hydrogen (secondary N) is 1. The van der Waals surface area contributed by atoms with Crippen molar-refractivity contribution in [2.75, 3.05) is 13.2 Å². The zero-order valence-electron chi connectivity index (χ0n) is 30.7. The lowest BCUT2D eigenvalue weighted by Gasteiger charge is -2.25. The van der Waals surface area contributed by atoms with Crippen molar-refractivity contribution < 1.29 is 42.9 Å². The molecule has 0 amide bonds. The van der Waals surface area contributed by atoms with Crippen molar-refractivity contribution in [3.05, 3.63) is 146 Å². The van der Waals surface area contributed by atoms with E-state index in [4.69, 9.17) is 23.7 Å². The molecule has 2 heterocycles. The average molecular weight is 753 g/mol. The molecule has 4 atom stereocenters. The van der Waals surface area contributed by atoms with Gasteiger partial charge in [-0.25, -0.2) is 28.5 Å². The number of aryl methyl sites for hydroxylation is 1. The lowest BCUT2D eigenvalue weighted by atomic mass is 10.1. The Labute approximate surface area is 317 Å². The molecule has 0 unspecified atom stereocenters. The number of aromatic nitrogens is 2. The van der Waals surface area contributed by atoms with E-state index in [0.29, 0.717) is 11.0 Å². The van der Waals surface area contributed by atoms with Crippen LogP contribution in [0, 0.1) is 6.92 Å². The molecule has 4 aromatic rings. The largest absolute Gasteiger partial charge is 0.463 e. The van der Waals surface area contributed by atoms with Crippen molar-refractivity contribution in [2.24, 2.45) is 0 Å². The molecule has 1 aliphatic heterocycles. The summed E-state index contributed by atoms with van der Waals surface area (Å²) in [5.41, 5.74) is -1.27. The highest BCUT2D eigenvalue weighted by Crippen LogP contribution is 2.34. The van der Waals surface area contributed by atoms with Crippen molar-refractivity contribution in [1.82, 2.24) is 9.55 Å². The fraction of sp³-hybridized carbons (Fsp3) is 0.333. The number of aromatic amines is 1. The van der Waals surface area contributed by atoms with Gasteiger partial charge in [-0.3, -0.25) is 4.79 Å². The van der Waals surface area contributed by atoms with Gasteiger partial charge in [0.1, 0.15) is 12.7 Å². The smallest absolute Gasteiger partial charge is 0.338 e. The molecular weight excluding hydrogens is 708 g/mol. The van der Waals surface area contributed by atoms with Gasteiger partial charge >= 0.3 is 29.6 Å². The predicted octanol–water partition coefficient (Wildman–Crippen LogP) is 5.97. The molecule has 0 aliphatic carbocycles. The number of esters is 4. The number of rotatable bonds is 17. The third-order valence-corrected chi connectivity index (χ3v) is 8.93. The normalized spacial score (nSPS) is 17.8. The van der Waals surface area contributed by atoms with E-state index in [2.05, 4.69) is 11.9 Å². The molecule has 1 aromatic heterocycles.